The summed E-state index contributed by atoms with van der Waals surface area (Å²) in [5.41, 5.74) is 1.11. The molecule has 0 atom stereocenters. The number of hydrogen-bond acceptors (Lipinski definition) is 5. The Balaban J connectivity index is 1.87. The third-order valence-electron chi connectivity index (χ3n) is 3.74. The number of nitrogens with zero attached hydrogens (tertiary/aromatic N) is 2. The van der Waals surface area contributed by atoms with Gasteiger partial charge in [-0.2, -0.15) is 4.99 Å². The molecule has 0 aromatic heterocycles. The van der Waals surface area contributed by atoms with Gasteiger partial charge in [-0.05, 0) is 55.1 Å². The number of ether oxygens (including phenoxy) is 1. The van der Waals surface area contributed by atoms with E-state index in [0.717, 1.165) is 11.8 Å². The third kappa shape index (κ3) is 4.20. The Hall–Kier alpha value is -3.06. The van der Waals surface area contributed by atoms with Crippen LogP contribution in [0.2, 0.25) is 0 Å². The lowest BCUT2D eigenvalue weighted by Gasteiger charge is -2.20. The van der Waals surface area contributed by atoms with Crippen molar-refractivity contribution >= 4 is 40.5 Å². The Bertz CT molecular complexity index is 935. The zero-order valence-electron chi connectivity index (χ0n) is 14.9. The number of hydrogen-bond donors (Lipinski definition) is 1. The number of benzene rings is 2. The maximum absolute atomic E-state index is 12.3. The Morgan fingerprint density at radius 1 is 1.22 bits per heavy atom. The molecule has 2 aromatic rings. The molecule has 0 fully saturated rings. The lowest BCUT2D eigenvalue weighted by atomic mass is 10.2. The summed E-state index contributed by atoms with van der Waals surface area (Å²) in [5.74, 6) is 0.0567. The molecule has 0 aliphatic carbocycles. The molecule has 0 saturated carbocycles. The normalized spacial score (nSPS) is 15.0. The molecule has 3 rings (SSSR count). The standard InChI is InChI=1S/C20H18N2O4S/c1-3-26-16-10-8-15(9-11-16)22(13(2)23)20-21-19(25)18(27-20)12-14-6-4-5-7-17(14)24/h4-12,24H,3H2,1-2H3/b18-12+. The number of phenols is 1. The highest BCUT2D eigenvalue weighted by Gasteiger charge is 2.29. The van der Waals surface area contributed by atoms with E-state index in [2.05, 4.69) is 4.99 Å². The van der Waals surface area contributed by atoms with Gasteiger partial charge in [-0.1, -0.05) is 18.2 Å². The fourth-order valence-corrected chi connectivity index (χ4v) is 3.50. The SMILES string of the molecule is CCOc1ccc(N(C(C)=O)C2=NC(=O)/C(=C\c3ccccc3O)S2)cc1. The molecule has 0 bridgehead atoms. The van der Waals surface area contributed by atoms with Crippen molar-refractivity contribution in [3.8, 4) is 11.5 Å². The van der Waals surface area contributed by atoms with Crippen LogP contribution in [0.1, 0.15) is 19.4 Å². The molecule has 1 N–H and O–H groups in total. The first-order valence-electron chi connectivity index (χ1n) is 8.33. The first-order valence-corrected chi connectivity index (χ1v) is 9.15. The van der Waals surface area contributed by atoms with Crippen molar-refractivity contribution in [3.63, 3.8) is 0 Å². The van der Waals surface area contributed by atoms with E-state index in [-0.39, 0.29) is 16.8 Å². The van der Waals surface area contributed by atoms with Crippen LogP contribution in [0.25, 0.3) is 6.08 Å². The summed E-state index contributed by atoms with van der Waals surface area (Å²) in [6.07, 6.45) is 1.56. The van der Waals surface area contributed by atoms with Crippen molar-refractivity contribution in [2.45, 2.75) is 13.8 Å². The van der Waals surface area contributed by atoms with Crippen LogP contribution in [0.15, 0.2) is 58.4 Å². The number of phenolic OH excluding ortho intramolecular Hbond substituents is 1. The van der Waals surface area contributed by atoms with Gasteiger partial charge in [0, 0.05) is 12.5 Å². The van der Waals surface area contributed by atoms with E-state index in [0.29, 0.717) is 28.5 Å². The van der Waals surface area contributed by atoms with Crippen molar-refractivity contribution in [1.82, 2.24) is 0 Å². The minimum Gasteiger partial charge on any atom is -0.507 e. The maximum Gasteiger partial charge on any atom is 0.286 e. The van der Waals surface area contributed by atoms with Gasteiger partial charge >= 0.3 is 0 Å². The van der Waals surface area contributed by atoms with Crippen LogP contribution in [0.4, 0.5) is 5.69 Å². The zero-order valence-corrected chi connectivity index (χ0v) is 15.7. The number of rotatable bonds is 4. The van der Waals surface area contributed by atoms with E-state index in [4.69, 9.17) is 4.74 Å². The summed E-state index contributed by atoms with van der Waals surface area (Å²) in [6.45, 7) is 3.85. The molecule has 7 heteroatoms. The Kier molecular flexibility index (Phi) is 5.61. The molecule has 0 saturated heterocycles. The number of para-hydroxylation sites is 1. The molecule has 0 spiro atoms. The van der Waals surface area contributed by atoms with Gasteiger partial charge in [0.2, 0.25) is 5.91 Å². The Morgan fingerprint density at radius 3 is 2.56 bits per heavy atom. The topological polar surface area (TPSA) is 79.2 Å². The number of amidine groups is 1. The second-order valence-electron chi connectivity index (χ2n) is 5.65. The second kappa shape index (κ2) is 8.09. The summed E-state index contributed by atoms with van der Waals surface area (Å²) < 4.78 is 5.41. The third-order valence-corrected chi connectivity index (χ3v) is 4.71. The van der Waals surface area contributed by atoms with E-state index in [1.807, 2.05) is 6.92 Å². The first kappa shape index (κ1) is 18.7. The van der Waals surface area contributed by atoms with Crippen molar-refractivity contribution in [2.24, 2.45) is 4.99 Å². The predicted octanol–water partition coefficient (Wildman–Crippen LogP) is 3.81. The largest absolute Gasteiger partial charge is 0.507 e. The fraction of sp³-hybridized carbons (Fsp3) is 0.150. The molecule has 27 heavy (non-hydrogen) atoms. The van der Waals surface area contributed by atoms with Crippen LogP contribution in [0.5, 0.6) is 11.5 Å². The molecule has 1 aliphatic heterocycles. The summed E-state index contributed by atoms with van der Waals surface area (Å²) in [4.78, 5) is 30.2. The van der Waals surface area contributed by atoms with Gasteiger partial charge in [0.15, 0.2) is 5.17 Å². The molecule has 0 unspecified atom stereocenters. The highest BCUT2D eigenvalue weighted by Crippen LogP contribution is 2.34. The number of carbonyl (C=O) groups excluding carboxylic acids is 2. The molecule has 6 nitrogen and oxygen atoms in total. The van der Waals surface area contributed by atoms with Crippen LogP contribution in [0, 0.1) is 0 Å². The van der Waals surface area contributed by atoms with Crippen LogP contribution < -0.4 is 9.64 Å². The molecule has 0 radical (unpaired) electrons. The average molecular weight is 382 g/mol. The van der Waals surface area contributed by atoms with Gasteiger partial charge < -0.3 is 9.84 Å². The van der Waals surface area contributed by atoms with Gasteiger partial charge in [-0.15, -0.1) is 0 Å². The van der Waals surface area contributed by atoms with Crippen molar-refractivity contribution in [1.29, 1.82) is 0 Å². The van der Waals surface area contributed by atoms with Crippen LogP contribution in [-0.4, -0.2) is 28.7 Å². The average Bonchev–Trinajstić information content (AvgIpc) is 2.98. The number of anilines is 1. The smallest absolute Gasteiger partial charge is 0.286 e. The summed E-state index contributed by atoms with van der Waals surface area (Å²) in [5, 5.41) is 10.2. The lowest BCUT2D eigenvalue weighted by molar-refractivity contribution is -0.115. The lowest BCUT2D eigenvalue weighted by Crippen LogP contribution is -2.32. The Labute approximate surface area is 161 Å². The molecule has 138 valence electrons. The van der Waals surface area contributed by atoms with Gasteiger partial charge in [0.1, 0.15) is 11.5 Å². The molecular weight excluding hydrogens is 364 g/mol. The molecule has 2 amide bonds. The number of aliphatic imine (C=N–C) groups is 1. The van der Waals surface area contributed by atoms with Gasteiger partial charge in [-0.3, -0.25) is 14.5 Å². The summed E-state index contributed by atoms with van der Waals surface area (Å²) >= 11 is 1.09. The van der Waals surface area contributed by atoms with E-state index in [1.165, 1.54) is 11.8 Å². The minimum absolute atomic E-state index is 0.0711. The zero-order chi connectivity index (χ0) is 19.4. The molecule has 1 heterocycles. The number of amides is 2. The van der Waals surface area contributed by atoms with Crippen molar-refractivity contribution < 1.29 is 19.4 Å². The quantitative estimate of drug-likeness (QED) is 0.814. The predicted molar refractivity (Wildman–Crippen MR) is 107 cm³/mol. The van der Waals surface area contributed by atoms with Crippen LogP contribution in [-0.2, 0) is 9.59 Å². The number of carbonyl (C=O) groups is 2. The van der Waals surface area contributed by atoms with Gasteiger partial charge in [-0.25, -0.2) is 0 Å². The van der Waals surface area contributed by atoms with Gasteiger partial charge in [0.05, 0.1) is 17.2 Å². The number of aromatic hydroxyl groups is 1. The highest BCUT2D eigenvalue weighted by atomic mass is 32.2. The monoisotopic (exact) mass is 382 g/mol. The van der Waals surface area contributed by atoms with Crippen LogP contribution in [0.3, 0.4) is 0 Å². The second-order valence-corrected chi connectivity index (χ2v) is 6.66. The molecule has 2 aromatic carbocycles. The number of thioether (sulfide) groups is 1. The fourth-order valence-electron chi connectivity index (χ4n) is 2.53. The maximum atomic E-state index is 12.3. The first-order chi connectivity index (χ1) is 13.0. The van der Waals surface area contributed by atoms with E-state index >= 15 is 0 Å². The highest BCUT2D eigenvalue weighted by molar-refractivity contribution is 8.19. The Morgan fingerprint density at radius 2 is 1.93 bits per heavy atom. The van der Waals surface area contributed by atoms with Crippen LogP contribution >= 0.6 is 11.8 Å². The van der Waals surface area contributed by atoms with Crippen molar-refractivity contribution in [2.75, 3.05) is 11.5 Å². The van der Waals surface area contributed by atoms with Gasteiger partial charge in [0.25, 0.3) is 5.91 Å². The molecule has 1 aliphatic rings. The van der Waals surface area contributed by atoms with E-state index < -0.39 is 5.91 Å². The summed E-state index contributed by atoms with van der Waals surface area (Å²) in [7, 11) is 0. The van der Waals surface area contributed by atoms with E-state index in [1.54, 1.807) is 54.6 Å². The molecular formula is C20H18N2O4S. The van der Waals surface area contributed by atoms with E-state index in [9.17, 15) is 14.7 Å². The van der Waals surface area contributed by atoms with Crippen molar-refractivity contribution in [3.05, 3.63) is 59.0 Å². The summed E-state index contributed by atoms with van der Waals surface area (Å²) in [6, 6.07) is 13.7. The minimum atomic E-state index is -0.449.